The Morgan fingerprint density at radius 3 is 2.43 bits per heavy atom. The van der Waals surface area contributed by atoms with E-state index in [1.54, 1.807) is 71.2 Å². The van der Waals surface area contributed by atoms with Crippen LogP contribution >= 0.6 is 11.6 Å². The van der Waals surface area contributed by atoms with E-state index in [2.05, 4.69) is 15.6 Å². The summed E-state index contributed by atoms with van der Waals surface area (Å²) in [6.07, 6.45) is 5.16. The van der Waals surface area contributed by atoms with E-state index >= 15 is 0 Å². The van der Waals surface area contributed by atoms with Gasteiger partial charge in [0.1, 0.15) is 22.8 Å². The zero-order valence-electron chi connectivity index (χ0n) is 35.1. The monoisotopic (exact) mass is 881 g/mol. The molecule has 0 radical (unpaired) electrons. The minimum Gasteiger partial charge on any atom is -0.468 e. The van der Waals surface area contributed by atoms with E-state index in [1.165, 1.54) is 24.2 Å². The van der Waals surface area contributed by atoms with Crippen molar-refractivity contribution in [3.05, 3.63) is 108 Å². The largest absolute Gasteiger partial charge is 0.468 e. The van der Waals surface area contributed by atoms with Crippen LogP contribution in [-0.2, 0) is 23.8 Å². The van der Waals surface area contributed by atoms with Crippen LogP contribution in [0.2, 0.25) is 0 Å². The van der Waals surface area contributed by atoms with Crippen molar-refractivity contribution >= 4 is 69.1 Å². The summed E-state index contributed by atoms with van der Waals surface area (Å²) in [5.74, 6) is -0.537. The summed E-state index contributed by atoms with van der Waals surface area (Å²) in [4.78, 5) is 73.7. The molecule has 4 heterocycles. The highest BCUT2D eigenvalue weighted by Gasteiger charge is 2.37. The summed E-state index contributed by atoms with van der Waals surface area (Å²) in [7, 11) is 3.31. The molecular weight excluding hydrogens is 834 g/mol. The fraction of sp³-hybridized carbons (Fsp3) is 0.333. The van der Waals surface area contributed by atoms with Gasteiger partial charge in [0.25, 0.3) is 23.6 Å². The van der Waals surface area contributed by atoms with Crippen LogP contribution in [0, 0.1) is 6.92 Å². The fourth-order valence-corrected chi connectivity index (χ4v) is 7.68. The number of alkyl halides is 1. The van der Waals surface area contributed by atoms with Gasteiger partial charge in [0, 0.05) is 86.6 Å². The summed E-state index contributed by atoms with van der Waals surface area (Å²) < 4.78 is 29.4. The van der Waals surface area contributed by atoms with E-state index in [0.717, 1.165) is 21.4 Å². The second-order valence-corrected chi connectivity index (χ2v) is 15.1. The fourth-order valence-electron chi connectivity index (χ4n) is 7.43. The maximum absolute atomic E-state index is 14.4. The van der Waals surface area contributed by atoms with Crippen molar-refractivity contribution < 1.29 is 47.7 Å². The Morgan fingerprint density at radius 2 is 1.70 bits per heavy atom. The third-order valence-electron chi connectivity index (χ3n) is 10.6. The van der Waals surface area contributed by atoms with Gasteiger partial charge in [0.05, 0.1) is 44.3 Å². The Morgan fingerprint density at radius 1 is 0.937 bits per heavy atom. The molecule has 0 bridgehead atoms. The van der Waals surface area contributed by atoms with Crippen LogP contribution in [0.15, 0.2) is 85.2 Å². The molecule has 0 unspecified atom stereocenters. The molecule has 2 N–H and O–H groups in total. The second kappa shape index (κ2) is 20.7. The second-order valence-electron chi connectivity index (χ2n) is 14.8. The summed E-state index contributed by atoms with van der Waals surface area (Å²) in [6, 6.07) is 17.6. The summed E-state index contributed by atoms with van der Waals surface area (Å²) in [5.41, 5.74) is 3.98. The van der Waals surface area contributed by atoms with E-state index in [1.807, 2.05) is 25.1 Å². The molecule has 3 aromatic carbocycles. The van der Waals surface area contributed by atoms with Gasteiger partial charge in [0.2, 0.25) is 0 Å². The molecule has 0 saturated heterocycles. The average molecular weight is 882 g/mol. The molecule has 0 fully saturated rings. The van der Waals surface area contributed by atoms with Crippen molar-refractivity contribution in [1.82, 2.24) is 24.5 Å². The first-order valence-electron chi connectivity index (χ1n) is 20.4. The molecule has 17 nitrogen and oxygen atoms in total. The standard InChI is InChI=1S/C45H48ClN7O10/c1-29-5-4-6-34-37(63-45(58)50(16-15-47-2)17-19-60-21-22-61-20-18-52-39(54)13-14-40(52)55)23-36-42(41(29)34)31(24-46)25-53(36)44(57)35-27-51-26-32(9-12-38(51)49-35)48-43(56)30-7-10-33(11-8-30)62-28-59-3/h4-14,23,26-27,31,47H,15-22,24-25,28H2,1-3H3,(H,48,56)/t31-/m1/s1. The maximum Gasteiger partial charge on any atom is 0.415 e. The zero-order valence-corrected chi connectivity index (χ0v) is 35.9. The predicted molar refractivity (Wildman–Crippen MR) is 235 cm³/mol. The van der Waals surface area contributed by atoms with Gasteiger partial charge in [-0.1, -0.05) is 18.2 Å². The number of anilines is 2. The number of methoxy groups -OCH3 is 1. The SMILES string of the molecule is CNCCN(CCOCCOCCN1C(=O)C=CC1=O)C(=O)Oc1cc2c(c3c(C)cccc13)[C@H](CCl)CN2C(=O)c1cn2cc(NC(=O)c3ccc(OCOC)cc3)ccc2n1. The number of hydrogen-bond acceptors (Lipinski definition) is 12. The smallest absolute Gasteiger partial charge is 0.415 e. The lowest BCUT2D eigenvalue weighted by Gasteiger charge is -2.24. The van der Waals surface area contributed by atoms with E-state index in [4.69, 9.17) is 35.3 Å². The number of ether oxygens (including phenoxy) is 5. The quantitative estimate of drug-likeness (QED) is 0.0463. The molecule has 5 amide bonds. The molecule has 1 atom stereocenters. The van der Waals surface area contributed by atoms with E-state index in [0.29, 0.717) is 46.8 Å². The summed E-state index contributed by atoms with van der Waals surface area (Å²) in [5, 5.41) is 7.51. The molecule has 18 heteroatoms. The van der Waals surface area contributed by atoms with Crippen LogP contribution in [0.3, 0.4) is 0 Å². The van der Waals surface area contributed by atoms with Crippen molar-refractivity contribution in [3.8, 4) is 11.5 Å². The van der Waals surface area contributed by atoms with Gasteiger partial charge >= 0.3 is 6.09 Å². The van der Waals surface area contributed by atoms with Crippen molar-refractivity contribution in [2.75, 3.05) is 96.2 Å². The Labute approximate surface area is 368 Å². The first kappa shape index (κ1) is 44.7. The van der Waals surface area contributed by atoms with Crippen molar-refractivity contribution in [2.24, 2.45) is 0 Å². The Hall–Kier alpha value is -6.37. The number of nitrogens with zero attached hydrogens (tertiary/aromatic N) is 5. The van der Waals surface area contributed by atoms with E-state index < -0.39 is 6.09 Å². The van der Waals surface area contributed by atoms with Gasteiger partial charge in [-0.2, -0.15) is 0 Å². The number of imide groups is 1. The highest BCUT2D eigenvalue weighted by Crippen LogP contribution is 2.47. The summed E-state index contributed by atoms with van der Waals surface area (Å²) in [6.45, 7) is 4.40. The number of imidazole rings is 1. The number of aromatic nitrogens is 2. The number of likely N-dealkylation sites (N-methyl/N-ethyl adjacent to an activating group) is 1. The number of carbonyl (C=O) groups is 5. The van der Waals surface area contributed by atoms with Gasteiger partial charge < -0.3 is 48.5 Å². The number of benzene rings is 3. The number of nitrogens with one attached hydrogen (secondary N) is 2. The lowest BCUT2D eigenvalue weighted by atomic mass is 9.92. The number of halogens is 1. The normalized spacial score (nSPS) is 14.5. The van der Waals surface area contributed by atoms with Crippen molar-refractivity contribution in [3.63, 3.8) is 0 Å². The van der Waals surface area contributed by atoms with Crippen LogP contribution < -0.4 is 25.0 Å². The highest BCUT2D eigenvalue weighted by molar-refractivity contribution is 6.19. The van der Waals surface area contributed by atoms with Gasteiger partial charge in [0.15, 0.2) is 6.79 Å². The minimum atomic E-state index is -0.595. The number of rotatable bonds is 20. The molecule has 63 heavy (non-hydrogen) atoms. The predicted octanol–water partition coefficient (Wildman–Crippen LogP) is 4.99. The minimum absolute atomic E-state index is 0.0941. The number of aryl methyl sites for hydroxylation is 1. The highest BCUT2D eigenvalue weighted by atomic mass is 35.5. The molecule has 2 aromatic heterocycles. The van der Waals surface area contributed by atoms with Crippen LogP contribution in [0.25, 0.3) is 16.4 Å². The van der Waals surface area contributed by atoms with Gasteiger partial charge in [-0.05, 0) is 66.9 Å². The molecular formula is C45H48ClN7O10. The van der Waals surface area contributed by atoms with Crippen LogP contribution in [0.5, 0.6) is 11.5 Å². The molecule has 5 aromatic rings. The summed E-state index contributed by atoms with van der Waals surface area (Å²) >= 11 is 6.60. The molecule has 0 aliphatic carbocycles. The molecule has 7 rings (SSSR count). The van der Waals surface area contributed by atoms with Crippen LogP contribution in [-0.4, -0.2) is 135 Å². The van der Waals surface area contributed by atoms with Gasteiger partial charge in [-0.15, -0.1) is 11.6 Å². The third kappa shape index (κ3) is 10.3. The Bertz CT molecular complexity index is 2510. The van der Waals surface area contributed by atoms with E-state index in [9.17, 15) is 24.0 Å². The average Bonchev–Trinajstić information content (AvgIpc) is 3.98. The van der Waals surface area contributed by atoms with Crippen LogP contribution in [0.4, 0.5) is 16.2 Å². The van der Waals surface area contributed by atoms with Crippen molar-refractivity contribution in [2.45, 2.75) is 12.8 Å². The molecule has 2 aliphatic rings. The first-order chi connectivity index (χ1) is 30.6. The maximum atomic E-state index is 14.4. The Kier molecular flexibility index (Phi) is 14.7. The molecule has 2 aliphatic heterocycles. The van der Waals surface area contributed by atoms with Crippen LogP contribution in [0.1, 0.15) is 37.9 Å². The van der Waals surface area contributed by atoms with Gasteiger partial charge in [-0.3, -0.25) is 24.1 Å². The van der Waals surface area contributed by atoms with E-state index in [-0.39, 0.29) is 99.7 Å². The topological polar surface area (TPSA) is 183 Å². The molecule has 330 valence electrons. The van der Waals surface area contributed by atoms with Crippen molar-refractivity contribution in [1.29, 1.82) is 0 Å². The lowest BCUT2D eigenvalue weighted by molar-refractivity contribution is -0.137. The number of amides is 5. The number of hydrogen-bond donors (Lipinski definition) is 2. The van der Waals surface area contributed by atoms with Gasteiger partial charge in [-0.25, -0.2) is 9.78 Å². The number of carbonyl (C=O) groups excluding carboxylic acids is 5. The molecule has 0 spiro atoms. The molecule has 0 saturated carbocycles. The lowest BCUT2D eigenvalue weighted by Crippen LogP contribution is -2.40. The zero-order chi connectivity index (χ0) is 44.5. The third-order valence-corrected chi connectivity index (χ3v) is 11.0. The number of pyridine rings is 1. The Balaban J connectivity index is 1.05. The first-order valence-corrected chi connectivity index (χ1v) is 20.9. The number of fused-ring (bicyclic) bond motifs is 4.